The SMILES string of the molecule is COCC(N)c1cc2c(s1)CCCCC2. The summed E-state index contributed by atoms with van der Waals surface area (Å²) < 4.78 is 5.10. The molecule has 1 aromatic heterocycles. The van der Waals surface area contributed by atoms with Crippen molar-refractivity contribution in [3.05, 3.63) is 21.4 Å². The van der Waals surface area contributed by atoms with E-state index in [2.05, 4.69) is 6.07 Å². The van der Waals surface area contributed by atoms with E-state index < -0.39 is 0 Å². The van der Waals surface area contributed by atoms with E-state index in [0.29, 0.717) is 6.61 Å². The standard InChI is InChI=1S/C12H19NOS/c1-14-8-10(13)12-7-9-5-3-2-4-6-11(9)15-12/h7,10H,2-6,8,13H2,1H3. The molecule has 84 valence electrons. The summed E-state index contributed by atoms with van der Waals surface area (Å²) in [7, 11) is 1.71. The molecular formula is C12H19NOS. The Morgan fingerprint density at radius 1 is 1.40 bits per heavy atom. The number of ether oxygens (including phenoxy) is 1. The van der Waals surface area contributed by atoms with E-state index in [1.807, 2.05) is 11.3 Å². The number of methoxy groups -OCH3 is 1. The molecule has 0 fully saturated rings. The molecule has 2 nitrogen and oxygen atoms in total. The first-order valence-corrected chi connectivity index (χ1v) is 6.49. The maximum atomic E-state index is 6.04. The molecule has 0 radical (unpaired) electrons. The highest BCUT2D eigenvalue weighted by Gasteiger charge is 2.15. The van der Waals surface area contributed by atoms with Crippen LogP contribution in [0, 0.1) is 0 Å². The van der Waals surface area contributed by atoms with Crippen molar-refractivity contribution in [1.82, 2.24) is 0 Å². The van der Waals surface area contributed by atoms with Gasteiger partial charge in [0, 0.05) is 16.9 Å². The van der Waals surface area contributed by atoms with Crippen molar-refractivity contribution in [2.75, 3.05) is 13.7 Å². The molecule has 3 heteroatoms. The minimum absolute atomic E-state index is 0.0620. The van der Waals surface area contributed by atoms with Gasteiger partial charge in [0.05, 0.1) is 12.6 Å². The fourth-order valence-electron chi connectivity index (χ4n) is 2.13. The number of fused-ring (bicyclic) bond motifs is 1. The van der Waals surface area contributed by atoms with Crippen molar-refractivity contribution in [2.45, 2.75) is 38.1 Å². The zero-order valence-electron chi connectivity index (χ0n) is 9.29. The van der Waals surface area contributed by atoms with Gasteiger partial charge < -0.3 is 10.5 Å². The van der Waals surface area contributed by atoms with Crippen molar-refractivity contribution in [3.8, 4) is 0 Å². The lowest BCUT2D eigenvalue weighted by molar-refractivity contribution is 0.182. The van der Waals surface area contributed by atoms with E-state index in [0.717, 1.165) is 0 Å². The molecule has 1 aromatic rings. The van der Waals surface area contributed by atoms with E-state index in [-0.39, 0.29) is 6.04 Å². The molecule has 1 aliphatic rings. The predicted octanol–water partition coefficient (Wildman–Crippen LogP) is 2.66. The molecule has 1 unspecified atom stereocenters. The van der Waals surface area contributed by atoms with Gasteiger partial charge in [0.1, 0.15) is 0 Å². The summed E-state index contributed by atoms with van der Waals surface area (Å²) in [5, 5.41) is 0. The molecule has 1 heterocycles. The van der Waals surface area contributed by atoms with Crippen molar-refractivity contribution in [2.24, 2.45) is 5.73 Å². The lowest BCUT2D eigenvalue weighted by atomic mass is 10.1. The van der Waals surface area contributed by atoms with E-state index >= 15 is 0 Å². The van der Waals surface area contributed by atoms with Crippen LogP contribution in [0.4, 0.5) is 0 Å². The molecule has 1 atom stereocenters. The van der Waals surface area contributed by atoms with Gasteiger partial charge in [-0.3, -0.25) is 0 Å². The highest BCUT2D eigenvalue weighted by atomic mass is 32.1. The van der Waals surface area contributed by atoms with Crippen LogP contribution in [-0.2, 0) is 17.6 Å². The number of aryl methyl sites for hydroxylation is 2. The zero-order valence-corrected chi connectivity index (χ0v) is 10.1. The van der Waals surface area contributed by atoms with E-state index in [9.17, 15) is 0 Å². The van der Waals surface area contributed by atoms with Crippen LogP contribution < -0.4 is 5.73 Å². The van der Waals surface area contributed by atoms with E-state index in [1.165, 1.54) is 37.0 Å². The molecule has 1 aliphatic carbocycles. The molecule has 0 saturated carbocycles. The largest absolute Gasteiger partial charge is 0.383 e. The van der Waals surface area contributed by atoms with Crippen molar-refractivity contribution >= 4 is 11.3 Å². The Hall–Kier alpha value is -0.380. The summed E-state index contributed by atoms with van der Waals surface area (Å²) in [6, 6.07) is 2.36. The first-order chi connectivity index (χ1) is 7.31. The van der Waals surface area contributed by atoms with E-state index in [1.54, 1.807) is 17.6 Å². The highest BCUT2D eigenvalue weighted by molar-refractivity contribution is 7.12. The molecule has 0 spiro atoms. The Kier molecular flexibility index (Phi) is 3.78. The lowest BCUT2D eigenvalue weighted by Crippen LogP contribution is -2.14. The average Bonchev–Trinajstić information content (AvgIpc) is 2.51. The highest BCUT2D eigenvalue weighted by Crippen LogP contribution is 2.31. The van der Waals surface area contributed by atoms with Crippen LogP contribution >= 0.6 is 11.3 Å². The average molecular weight is 225 g/mol. The number of hydrogen-bond donors (Lipinski definition) is 1. The normalized spacial score (nSPS) is 18.3. The Labute approximate surface area is 95.4 Å². The summed E-state index contributed by atoms with van der Waals surface area (Å²) >= 11 is 1.89. The molecule has 0 bridgehead atoms. The Balaban J connectivity index is 2.14. The van der Waals surface area contributed by atoms with Gasteiger partial charge in [-0.05, 0) is 37.3 Å². The number of rotatable bonds is 3. The van der Waals surface area contributed by atoms with Gasteiger partial charge >= 0.3 is 0 Å². The maximum Gasteiger partial charge on any atom is 0.0663 e. The Morgan fingerprint density at radius 2 is 2.20 bits per heavy atom. The number of hydrogen-bond acceptors (Lipinski definition) is 3. The number of thiophene rings is 1. The third-order valence-electron chi connectivity index (χ3n) is 2.98. The summed E-state index contributed by atoms with van der Waals surface area (Å²) in [4.78, 5) is 2.86. The summed E-state index contributed by atoms with van der Waals surface area (Å²) in [5.41, 5.74) is 7.58. The summed E-state index contributed by atoms with van der Waals surface area (Å²) in [6.45, 7) is 0.624. The maximum absolute atomic E-state index is 6.04. The molecule has 15 heavy (non-hydrogen) atoms. The number of nitrogens with two attached hydrogens (primary N) is 1. The van der Waals surface area contributed by atoms with Gasteiger partial charge in [-0.15, -0.1) is 11.3 Å². The van der Waals surface area contributed by atoms with Gasteiger partial charge in [0.15, 0.2) is 0 Å². The zero-order chi connectivity index (χ0) is 10.7. The molecule has 2 N–H and O–H groups in total. The molecular weight excluding hydrogens is 206 g/mol. The van der Waals surface area contributed by atoms with Crippen LogP contribution in [0.25, 0.3) is 0 Å². The quantitative estimate of drug-likeness (QED) is 0.803. The molecule has 0 aliphatic heterocycles. The lowest BCUT2D eigenvalue weighted by Gasteiger charge is -2.06. The third-order valence-corrected chi connectivity index (χ3v) is 4.35. The fourth-order valence-corrected chi connectivity index (χ4v) is 3.38. The minimum atomic E-state index is 0.0620. The fraction of sp³-hybridized carbons (Fsp3) is 0.667. The van der Waals surface area contributed by atoms with Crippen molar-refractivity contribution in [1.29, 1.82) is 0 Å². The van der Waals surface area contributed by atoms with Crippen molar-refractivity contribution in [3.63, 3.8) is 0 Å². The van der Waals surface area contributed by atoms with Crippen molar-refractivity contribution < 1.29 is 4.74 Å². The first kappa shape index (κ1) is 11.1. The topological polar surface area (TPSA) is 35.2 Å². The first-order valence-electron chi connectivity index (χ1n) is 5.67. The molecule has 2 rings (SSSR count). The van der Waals surface area contributed by atoms with Crippen LogP contribution in [0.1, 0.15) is 40.6 Å². The second-order valence-corrected chi connectivity index (χ2v) is 5.39. The minimum Gasteiger partial charge on any atom is -0.383 e. The van der Waals surface area contributed by atoms with Crippen LogP contribution in [0.5, 0.6) is 0 Å². The predicted molar refractivity (Wildman–Crippen MR) is 64.4 cm³/mol. The van der Waals surface area contributed by atoms with Gasteiger partial charge in [-0.25, -0.2) is 0 Å². The van der Waals surface area contributed by atoms with Gasteiger partial charge in [-0.1, -0.05) is 6.42 Å². The molecule has 0 amide bonds. The van der Waals surface area contributed by atoms with Gasteiger partial charge in [0.25, 0.3) is 0 Å². The summed E-state index contributed by atoms with van der Waals surface area (Å²) in [6.07, 6.45) is 6.54. The smallest absolute Gasteiger partial charge is 0.0663 e. The third kappa shape index (κ3) is 2.60. The molecule has 0 aromatic carbocycles. The second kappa shape index (κ2) is 5.10. The van der Waals surface area contributed by atoms with Gasteiger partial charge in [0.2, 0.25) is 0 Å². The Morgan fingerprint density at radius 3 is 3.00 bits per heavy atom. The van der Waals surface area contributed by atoms with Gasteiger partial charge in [-0.2, -0.15) is 0 Å². The van der Waals surface area contributed by atoms with E-state index in [4.69, 9.17) is 10.5 Å². The van der Waals surface area contributed by atoms with Crippen LogP contribution in [0.2, 0.25) is 0 Å². The molecule has 0 saturated heterocycles. The summed E-state index contributed by atoms with van der Waals surface area (Å²) in [5.74, 6) is 0. The Bertz CT molecular complexity index is 298. The monoisotopic (exact) mass is 225 g/mol. The van der Waals surface area contributed by atoms with Crippen LogP contribution in [0.3, 0.4) is 0 Å². The van der Waals surface area contributed by atoms with Crippen LogP contribution in [-0.4, -0.2) is 13.7 Å². The second-order valence-electron chi connectivity index (χ2n) is 4.22. The van der Waals surface area contributed by atoms with Crippen LogP contribution in [0.15, 0.2) is 6.07 Å².